The van der Waals surface area contributed by atoms with Crippen LogP contribution in [0.25, 0.3) is 6.08 Å². The van der Waals surface area contributed by atoms with Crippen LogP contribution in [-0.2, 0) is 45.7 Å². The molecule has 294 valence electrons. The van der Waals surface area contributed by atoms with E-state index in [0.29, 0.717) is 23.4 Å². The molecule has 0 radical (unpaired) electrons. The van der Waals surface area contributed by atoms with Crippen LogP contribution in [0.2, 0.25) is 0 Å². The van der Waals surface area contributed by atoms with Crippen molar-refractivity contribution in [3.05, 3.63) is 113 Å². The summed E-state index contributed by atoms with van der Waals surface area (Å²) in [5, 5.41) is 14.3. The van der Waals surface area contributed by atoms with Crippen molar-refractivity contribution >= 4 is 18.0 Å². The van der Waals surface area contributed by atoms with Gasteiger partial charge < -0.3 is 29.4 Å². The van der Waals surface area contributed by atoms with E-state index in [1.165, 1.54) is 18.4 Å². The van der Waals surface area contributed by atoms with E-state index in [4.69, 9.17) is 23.8 Å². The average Bonchev–Trinajstić information content (AvgIpc) is 3.48. The molecular weight excluding hydrogens is 709 g/mol. The van der Waals surface area contributed by atoms with Gasteiger partial charge in [0.25, 0.3) is 0 Å². The van der Waals surface area contributed by atoms with Gasteiger partial charge in [-0.3, -0.25) is 14.4 Å². The minimum absolute atomic E-state index is 0.00935. The van der Waals surface area contributed by atoms with Crippen molar-refractivity contribution in [2.45, 2.75) is 114 Å². The van der Waals surface area contributed by atoms with Crippen molar-refractivity contribution in [3.8, 4) is 0 Å². The normalized spacial score (nSPS) is 38.1. The highest BCUT2D eigenvalue weighted by Crippen LogP contribution is 2.61. The number of carbonyl (C=O) groups excluding carboxylic acids is 2. The van der Waals surface area contributed by atoms with Crippen molar-refractivity contribution in [2.75, 3.05) is 13.2 Å². The highest BCUT2D eigenvalue weighted by atomic mass is 16.8. The van der Waals surface area contributed by atoms with E-state index >= 15 is 0 Å². The Kier molecular flexibility index (Phi) is 8.67. The zero-order chi connectivity index (χ0) is 38.5. The molecule has 1 amide bonds. The molecule has 10 nitrogen and oxygen atoms in total. The SMILES string of the molecule is CC1(C)C[C@@H]2C(=Cc3ccccc3CN3O[C@@H]4[C@H]5OC(c6ccccc6)(c6ccccc6)O[C@H]5[C@@H]5C[C@]4(C(=O)NCCO)[C@@H]3C(=O)O5)CCC3O[C@]3(C)CC[C@H]21. The first-order valence-corrected chi connectivity index (χ1v) is 20.5. The molecule has 2 bridgehead atoms. The molecule has 4 aliphatic heterocycles. The summed E-state index contributed by atoms with van der Waals surface area (Å²) < 4.78 is 26.6. The maximum atomic E-state index is 14.5. The molecule has 3 aromatic carbocycles. The van der Waals surface area contributed by atoms with Crippen LogP contribution in [0.5, 0.6) is 0 Å². The minimum Gasteiger partial charge on any atom is -0.458 e. The van der Waals surface area contributed by atoms with Crippen molar-refractivity contribution in [2.24, 2.45) is 22.7 Å². The van der Waals surface area contributed by atoms with Gasteiger partial charge in [-0.1, -0.05) is 110 Å². The van der Waals surface area contributed by atoms with Crippen LogP contribution in [-0.4, -0.2) is 77.4 Å². The van der Waals surface area contributed by atoms with Gasteiger partial charge in [0.2, 0.25) is 11.7 Å². The third-order valence-corrected chi connectivity index (χ3v) is 14.4. The lowest BCUT2D eigenvalue weighted by Gasteiger charge is -2.53. The van der Waals surface area contributed by atoms with Crippen molar-refractivity contribution < 1.29 is 38.5 Å². The maximum Gasteiger partial charge on any atom is 0.327 e. The summed E-state index contributed by atoms with van der Waals surface area (Å²) in [5.41, 5.74) is 4.06. The summed E-state index contributed by atoms with van der Waals surface area (Å²) in [6.07, 6.45) is 5.24. The molecule has 2 N–H and O–H groups in total. The molecule has 10 heteroatoms. The third-order valence-electron chi connectivity index (χ3n) is 14.4. The lowest BCUT2D eigenvalue weighted by molar-refractivity contribution is -0.213. The Bertz CT molecular complexity index is 2000. The highest BCUT2D eigenvalue weighted by molar-refractivity contribution is 5.93. The van der Waals surface area contributed by atoms with E-state index in [0.717, 1.165) is 41.5 Å². The lowest BCUT2D eigenvalue weighted by Crippen LogP contribution is -2.69. The van der Waals surface area contributed by atoms with Gasteiger partial charge in [-0.05, 0) is 67.4 Å². The van der Waals surface area contributed by atoms with Crippen LogP contribution in [0, 0.1) is 22.7 Å². The molecule has 0 aromatic heterocycles. The highest BCUT2D eigenvalue weighted by Gasteiger charge is 2.76. The van der Waals surface area contributed by atoms with Crippen molar-refractivity contribution in [1.82, 2.24) is 10.4 Å². The second kappa shape index (κ2) is 13.3. The topological polar surface area (TPSA) is 119 Å². The van der Waals surface area contributed by atoms with Gasteiger partial charge in [-0.2, -0.15) is 5.06 Å². The number of nitrogens with one attached hydrogen (secondary N) is 1. The maximum absolute atomic E-state index is 14.5. The van der Waals surface area contributed by atoms with Crippen LogP contribution in [0.15, 0.2) is 90.5 Å². The number of rotatable bonds is 8. The number of aliphatic hydroxyl groups excluding tert-OH is 1. The number of ether oxygens (including phenoxy) is 4. The summed E-state index contributed by atoms with van der Waals surface area (Å²) >= 11 is 0. The quantitative estimate of drug-likeness (QED) is 0.209. The van der Waals surface area contributed by atoms with Gasteiger partial charge in [-0.15, -0.1) is 0 Å². The minimum atomic E-state index is -1.35. The summed E-state index contributed by atoms with van der Waals surface area (Å²) in [7, 11) is 0. The Morgan fingerprint density at radius 2 is 1.59 bits per heavy atom. The number of nitrogens with zero attached hydrogens (tertiary/aromatic N) is 1. The van der Waals surface area contributed by atoms with Crippen molar-refractivity contribution in [3.63, 3.8) is 0 Å². The monoisotopic (exact) mass is 760 g/mol. The number of carbonyl (C=O) groups is 2. The Labute approximate surface area is 328 Å². The lowest BCUT2D eigenvalue weighted by atomic mass is 9.52. The second-order valence-electron chi connectivity index (χ2n) is 18.0. The van der Waals surface area contributed by atoms with E-state index in [1.807, 2.05) is 66.7 Å². The Balaban J connectivity index is 1.02. The predicted molar refractivity (Wildman–Crippen MR) is 206 cm³/mol. The van der Waals surface area contributed by atoms with Crippen LogP contribution in [0.3, 0.4) is 0 Å². The first kappa shape index (κ1) is 36.4. The fraction of sp³-hybridized carbons (Fsp3) is 0.522. The first-order valence-electron chi connectivity index (χ1n) is 20.5. The molecular formula is C46H52N2O8. The van der Waals surface area contributed by atoms with Gasteiger partial charge in [0.05, 0.1) is 24.9 Å². The van der Waals surface area contributed by atoms with Crippen LogP contribution < -0.4 is 5.32 Å². The number of esters is 1. The van der Waals surface area contributed by atoms with E-state index in [1.54, 1.807) is 5.06 Å². The summed E-state index contributed by atoms with van der Waals surface area (Å²) in [6, 6.07) is 26.7. The predicted octanol–water partition coefficient (Wildman–Crippen LogP) is 6.06. The van der Waals surface area contributed by atoms with Gasteiger partial charge >= 0.3 is 5.97 Å². The van der Waals surface area contributed by atoms with Gasteiger partial charge in [0.15, 0.2) is 6.04 Å². The van der Waals surface area contributed by atoms with Crippen LogP contribution in [0.4, 0.5) is 0 Å². The van der Waals surface area contributed by atoms with E-state index < -0.39 is 47.6 Å². The van der Waals surface area contributed by atoms with E-state index in [2.05, 4.69) is 50.4 Å². The number of benzene rings is 3. The fourth-order valence-corrected chi connectivity index (χ4v) is 11.4. The molecule has 0 spiro atoms. The number of hydrogen-bond acceptors (Lipinski definition) is 9. The van der Waals surface area contributed by atoms with Gasteiger partial charge in [-0.25, -0.2) is 0 Å². The largest absolute Gasteiger partial charge is 0.458 e. The number of hydroxylamine groups is 2. The number of amides is 1. The van der Waals surface area contributed by atoms with Gasteiger partial charge in [0.1, 0.15) is 29.8 Å². The molecule has 10 rings (SSSR count). The van der Waals surface area contributed by atoms with Crippen LogP contribution in [0.1, 0.15) is 81.5 Å². The summed E-state index contributed by atoms with van der Waals surface area (Å²) in [6.45, 7) is 7.15. The number of epoxide rings is 1. The number of aliphatic hydroxyl groups is 1. The Morgan fingerprint density at radius 3 is 2.30 bits per heavy atom. The molecule has 3 saturated carbocycles. The summed E-state index contributed by atoms with van der Waals surface area (Å²) in [4.78, 5) is 35.8. The molecule has 3 aliphatic carbocycles. The Hall–Kier alpha value is -3.90. The second-order valence-corrected chi connectivity index (χ2v) is 18.0. The average molecular weight is 761 g/mol. The molecule has 10 atom stereocenters. The molecule has 7 fully saturated rings. The molecule has 56 heavy (non-hydrogen) atoms. The molecule has 4 saturated heterocycles. The van der Waals surface area contributed by atoms with E-state index in [-0.39, 0.29) is 37.6 Å². The Morgan fingerprint density at radius 1 is 0.893 bits per heavy atom. The van der Waals surface area contributed by atoms with Crippen LogP contribution >= 0.6 is 0 Å². The standard InChI is InChI=1S/C46H52N2O8/c1-43(2)25-33-29(18-19-36-44(3,53-36)21-20-34(33)43)24-28-12-10-11-13-30(28)27-48-39-41(50)52-35-26-45(39,42(51)47-22-23-49)40(56-48)38-37(35)54-46(55-38,31-14-6-4-7-15-31)32-16-8-5-9-17-32/h4-17,24,33-40,49H,18-23,25-27H2,1-3H3,(H,47,51)/t33-,34-,35+,36?,37+,38+,39+,40-,44-,45+/m1/s1. The molecule has 7 aliphatic rings. The number of hydrogen-bond donors (Lipinski definition) is 2. The van der Waals surface area contributed by atoms with Gasteiger partial charge in [0, 0.05) is 24.1 Å². The number of fused-ring (bicyclic) bond motifs is 6. The zero-order valence-corrected chi connectivity index (χ0v) is 32.4. The van der Waals surface area contributed by atoms with Crippen molar-refractivity contribution in [1.29, 1.82) is 0 Å². The van der Waals surface area contributed by atoms with E-state index in [9.17, 15) is 14.7 Å². The zero-order valence-electron chi connectivity index (χ0n) is 32.4. The molecule has 3 aromatic rings. The fourth-order valence-electron chi connectivity index (χ4n) is 11.4. The summed E-state index contributed by atoms with van der Waals surface area (Å²) in [5.74, 6) is -1.09. The molecule has 4 heterocycles. The third kappa shape index (κ3) is 5.58. The number of allylic oxidation sites excluding steroid dienone is 1. The first-order chi connectivity index (χ1) is 27.1. The smallest absolute Gasteiger partial charge is 0.327 e. The molecule has 1 unspecified atom stereocenters.